The van der Waals surface area contributed by atoms with Crippen LogP contribution in [0.3, 0.4) is 0 Å². The SMILES string of the molecule is COc1ccc(/C=C/C(=O)N(CC=O)Cc2ccc(OC)cc2OC)cc1. The lowest BCUT2D eigenvalue weighted by Gasteiger charge is -2.20. The standard InChI is InChI=1S/C21H23NO5/c1-25-18-8-4-16(5-9-18)6-11-21(24)22(12-13-23)15-17-7-10-19(26-2)14-20(17)27-3/h4-11,13-14H,12,15H2,1-3H3/b11-6+. The normalized spacial score (nSPS) is 10.5. The first kappa shape index (κ1) is 20.0. The van der Waals surface area contributed by atoms with Gasteiger partial charge in [-0.1, -0.05) is 12.1 Å². The van der Waals surface area contributed by atoms with Gasteiger partial charge in [0.25, 0.3) is 0 Å². The molecule has 0 heterocycles. The van der Waals surface area contributed by atoms with E-state index in [1.165, 1.54) is 11.0 Å². The zero-order valence-electron chi connectivity index (χ0n) is 15.7. The minimum absolute atomic E-state index is 0.0129. The molecule has 142 valence electrons. The van der Waals surface area contributed by atoms with Crippen LogP contribution < -0.4 is 14.2 Å². The summed E-state index contributed by atoms with van der Waals surface area (Å²) in [5, 5.41) is 0. The maximum Gasteiger partial charge on any atom is 0.247 e. The van der Waals surface area contributed by atoms with Crippen molar-refractivity contribution in [3.63, 3.8) is 0 Å². The quantitative estimate of drug-likeness (QED) is 0.502. The lowest BCUT2D eigenvalue weighted by atomic mass is 10.1. The summed E-state index contributed by atoms with van der Waals surface area (Å²) in [7, 11) is 4.72. The van der Waals surface area contributed by atoms with Crippen LogP contribution in [-0.4, -0.2) is 45.0 Å². The maximum atomic E-state index is 12.5. The van der Waals surface area contributed by atoms with Gasteiger partial charge in [-0.2, -0.15) is 0 Å². The molecule has 0 saturated heterocycles. The fraction of sp³-hybridized carbons (Fsp3) is 0.238. The van der Waals surface area contributed by atoms with Gasteiger partial charge in [-0.3, -0.25) is 4.79 Å². The molecule has 2 rings (SSSR count). The number of ether oxygens (including phenoxy) is 3. The molecule has 6 heteroatoms. The van der Waals surface area contributed by atoms with E-state index in [0.717, 1.165) is 16.9 Å². The minimum Gasteiger partial charge on any atom is -0.497 e. The van der Waals surface area contributed by atoms with E-state index in [0.29, 0.717) is 17.8 Å². The van der Waals surface area contributed by atoms with E-state index in [1.54, 1.807) is 39.5 Å². The summed E-state index contributed by atoms with van der Waals surface area (Å²) in [6, 6.07) is 12.7. The summed E-state index contributed by atoms with van der Waals surface area (Å²) in [5.41, 5.74) is 1.64. The van der Waals surface area contributed by atoms with Crippen molar-refractivity contribution in [2.24, 2.45) is 0 Å². The molecule has 1 amide bonds. The molecule has 0 spiro atoms. The maximum absolute atomic E-state index is 12.5. The van der Waals surface area contributed by atoms with Crippen LogP contribution in [0.1, 0.15) is 11.1 Å². The van der Waals surface area contributed by atoms with E-state index < -0.39 is 0 Å². The van der Waals surface area contributed by atoms with Gasteiger partial charge in [-0.05, 0) is 35.9 Å². The van der Waals surface area contributed by atoms with Crippen molar-refractivity contribution in [2.75, 3.05) is 27.9 Å². The Kier molecular flexibility index (Phi) is 7.43. The number of methoxy groups -OCH3 is 3. The highest BCUT2D eigenvalue weighted by atomic mass is 16.5. The number of benzene rings is 2. The number of aldehydes is 1. The second kappa shape index (κ2) is 10.0. The van der Waals surface area contributed by atoms with Gasteiger partial charge in [-0.15, -0.1) is 0 Å². The van der Waals surface area contributed by atoms with Crippen molar-refractivity contribution in [1.29, 1.82) is 0 Å². The fourth-order valence-corrected chi connectivity index (χ4v) is 2.50. The van der Waals surface area contributed by atoms with Gasteiger partial charge in [0, 0.05) is 17.7 Å². The first-order chi connectivity index (χ1) is 13.1. The molecule has 0 aliphatic carbocycles. The molecule has 2 aromatic rings. The van der Waals surface area contributed by atoms with E-state index in [9.17, 15) is 9.59 Å². The number of nitrogens with zero attached hydrogens (tertiary/aromatic N) is 1. The Bertz CT molecular complexity index is 799. The summed E-state index contributed by atoms with van der Waals surface area (Å²) in [4.78, 5) is 25.0. The van der Waals surface area contributed by atoms with Gasteiger partial charge in [0.1, 0.15) is 23.5 Å². The molecular formula is C21H23NO5. The number of hydrogen-bond acceptors (Lipinski definition) is 5. The van der Waals surface area contributed by atoms with Crippen LogP contribution in [0, 0.1) is 0 Å². The lowest BCUT2D eigenvalue weighted by Crippen LogP contribution is -2.30. The second-order valence-corrected chi connectivity index (χ2v) is 5.67. The summed E-state index contributed by atoms with van der Waals surface area (Å²) in [6.07, 6.45) is 3.85. The Hall–Kier alpha value is -3.28. The zero-order valence-corrected chi connectivity index (χ0v) is 15.7. The molecule has 6 nitrogen and oxygen atoms in total. The molecule has 0 unspecified atom stereocenters. The van der Waals surface area contributed by atoms with Crippen molar-refractivity contribution in [3.8, 4) is 17.2 Å². The summed E-state index contributed by atoms with van der Waals surface area (Å²) >= 11 is 0. The predicted octanol–water partition coefficient (Wildman–Crippen LogP) is 2.95. The van der Waals surface area contributed by atoms with Gasteiger partial charge in [0.15, 0.2) is 0 Å². The van der Waals surface area contributed by atoms with E-state index in [4.69, 9.17) is 14.2 Å². The third-order valence-corrected chi connectivity index (χ3v) is 4.00. The highest BCUT2D eigenvalue weighted by Gasteiger charge is 2.14. The van der Waals surface area contributed by atoms with Gasteiger partial charge in [0.2, 0.25) is 5.91 Å². The molecular weight excluding hydrogens is 346 g/mol. The molecule has 0 aromatic heterocycles. The topological polar surface area (TPSA) is 65.1 Å². The monoisotopic (exact) mass is 369 g/mol. The van der Waals surface area contributed by atoms with Crippen molar-refractivity contribution in [3.05, 3.63) is 59.7 Å². The molecule has 0 saturated carbocycles. The molecule has 0 radical (unpaired) electrons. The van der Waals surface area contributed by atoms with Crippen LogP contribution >= 0.6 is 0 Å². The molecule has 2 aromatic carbocycles. The molecule has 0 bridgehead atoms. The van der Waals surface area contributed by atoms with Gasteiger partial charge < -0.3 is 23.9 Å². The summed E-state index contributed by atoms with van der Waals surface area (Å²) < 4.78 is 15.7. The van der Waals surface area contributed by atoms with Crippen molar-refractivity contribution in [1.82, 2.24) is 4.90 Å². The third-order valence-electron chi connectivity index (χ3n) is 4.00. The molecule has 0 aliphatic heterocycles. The van der Waals surface area contributed by atoms with Crippen molar-refractivity contribution in [2.45, 2.75) is 6.54 Å². The fourth-order valence-electron chi connectivity index (χ4n) is 2.50. The first-order valence-corrected chi connectivity index (χ1v) is 8.36. The Balaban J connectivity index is 2.14. The highest BCUT2D eigenvalue weighted by Crippen LogP contribution is 2.25. The number of amides is 1. The highest BCUT2D eigenvalue weighted by molar-refractivity contribution is 5.92. The number of rotatable bonds is 9. The Morgan fingerprint density at radius 2 is 1.63 bits per heavy atom. The lowest BCUT2D eigenvalue weighted by molar-refractivity contribution is -0.129. The van der Waals surface area contributed by atoms with Crippen LogP contribution in [0.2, 0.25) is 0 Å². The van der Waals surface area contributed by atoms with Crippen molar-refractivity contribution < 1.29 is 23.8 Å². The average Bonchev–Trinajstić information content (AvgIpc) is 2.72. The predicted molar refractivity (Wildman–Crippen MR) is 103 cm³/mol. The Morgan fingerprint density at radius 1 is 0.963 bits per heavy atom. The minimum atomic E-state index is -0.268. The molecule has 0 N–H and O–H groups in total. The molecule has 0 atom stereocenters. The van der Waals surface area contributed by atoms with Crippen LogP contribution in [-0.2, 0) is 16.1 Å². The smallest absolute Gasteiger partial charge is 0.247 e. The average molecular weight is 369 g/mol. The molecule has 0 fully saturated rings. The van der Waals surface area contributed by atoms with Gasteiger partial charge in [0.05, 0.1) is 34.4 Å². The van der Waals surface area contributed by atoms with Crippen LogP contribution in [0.25, 0.3) is 6.08 Å². The summed E-state index contributed by atoms with van der Waals surface area (Å²) in [5.74, 6) is 1.73. The van der Waals surface area contributed by atoms with Crippen LogP contribution in [0.5, 0.6) is 17.2 Å². The van der Waals surface area contributed by atoms with Crippen LogP contribution in [0.15, 0.2) is 48.5 Å². The Morgan fingerprint density at radius 3 is 2.22 bits per heavy atom. The van der Waals surface area contributed by atoms with Gasteiger partial charge >= 0.3 is 0 Å². The van der Waals surface area contributed by atoms with E-state index >= 15 is 0 Å². The van der Waals surface area contributed by atoms with E-state index in [-0.39, 0.29) is 19.0 Å². The molecule has 27 heavy (non-hydrogen) atoms. The largest absolute Gasteiger partial charge is 0.497 e. The van der Waals surface area contributed by atoms with Crippen molar-refractivity contribution >= 4 is 18.3 Å². The summed E-state index contributed by atoms with van der Waals surface area (Å²) in [6.45, 7) is 0.235. The van der Waals surface area contributed by atoms with E-state index in [1.807, 2.05) is 30.3 Å². The number of hydrogen-bond donors (Lipinski definition) is 0. The first-order valence-electron chi connectivity index (χ1n) is 8.36. The third kappa shape index (κ3) is 5.60. The number of carbonyl (C=O) groups is 2. The van der Waals surface area contributed by atoms with Crippen LogP contribution in [0.4, 0.5) is 0 Å². The second-order valence-electron chi connectivity index (χ2n) is 5.67. The number of carbonyl (C=O) groups excluding carboxylic acids is 2. The van der Waals surface area contributed by atoms with Gasteiger partial charge in [-0.25, -0.2) is 0 Å². The van der Waals surface area contributed by atoms with E-state index in [2.05, 4.69) is 0 Å². The zero-order chi connectivity index (χ0) is 19.6. The Labute approximate surface area is 159 Å². The molecule has 0 aliphatic rings.